The maximum absolute atomic E-state index is 10.8. The summed E-state index contributed by atoms with van der Waals surface area (Å²) in [5, 5.41) is 4.17. The summed E-state index contributed by atoms with van der Waals surface area (Å²) in [6.07, 6.45) is 1.04. The maximum Gasteiger partial charge on any atom is 0.219 e. The molecule has 1 heterocycles. The molecule has 0 aromatic heterocycles. The Hall–Kier alpha value is -0.570. The van der Waals surface area contributed by atoms with Gasteiger partial charge in [-0.1, -0.05) is 0 Å². The van der Waals surface area contributed by atoms with E-state index in [0.29, 0.717) is 6.04 Å². The van der Waals surface area contributed by atoms with Gasteiger partial charge in [-0.2, -0.15) is 0 Å². The summed E-state index contributed by atoms with van der Waals surface area (Å²) in [6.45, 7) is 3.34. The standard InChI is InChI=1S/C7H13N2O/c1-6(10)9(2)7-3-4-8-5-7/h7H,3-5H2,1-2H3. The zero-order valence-electron chi connectivity index (χ0n) is 6.50. The summed E-state index contributed by atoms with van der Waals surface area (Å²) in [4.78, 5) is 12.6. The zero-order chi connectivity index (χ0) is 7.56. The molecule has 0 aliphatic carbocycles. The molecule has 0 spiro atoms. The molecule has 57 valence electrons. The minimum absolute atomic E-state index is 0.141. The molecule has 0 bridgehead atoms. The fourth-order valence-electron chi connectivity index (χ4n) is 1.15. The Bertz CT molecular complexity index is 130. The van der Waals surface area contributed by atoms with Gasteiger partial charge < -0.3 is 4.90 Å². The number of nitrogens with zero attached hydrogens (tertiary/aromatic N) is 2. The predicted molar refractivity (Wildman–Crippen MR) is 38.7 cm³/mol. The van der Waals surface area contributed by atoms with Crippen molar-refractivity contribution in [2.24, 2.45) is 0 Å². The highest BCUT2D eigenvalue weighted by molar-refractivity contribution is 5.73. The normalized spacial score (nSPS) is 24.8. The molecule has 1 saturated heterocycles. The molecular formula is C7H13N2O. The molecule has 0 saturated carbocycles. The molecule has 10 heavy (non-hydrogen) atoms. The van der Waals surface area contributed by atoms with Crippen LogP contribution in [0.25, 0.3) is 0 Å². The average Bonchev–Trinajstić information content (AvgIpc) is 2.36. The number of hydrogen-bond donors (Lipinski definition) is 0. The van der Waals surface area contributed by atoms with Crippen LogP contribution in [-0.4, -0.2) is 37.0 Å². The van der Waals surface area contributed by atoms with Crippen LogP contribution in [-0.2, 0) is 4.79 Å². The van der Waals surface area contributed by atoms with Crippen LogP contribution in [0.2, 0.25) is 0 Å². The van der Waals surface area contributed by atoms with Gasteiger partial charge in [0.2, 0.25) is 5.91 Å². The van der Waals surface area contributed by atoms with Crippen molar-refractivity contribution in [3.8, 4) is 0 Å². The molecule has 1 fully saturated rings. The van der Waals surface area contributed by atoms with E-state index < -0.39 is 0 Å². The maximum atomic E-state index is 10.8. The smallest absolute Gasteiger partial charge is 0.219 e. The third kappa shape index (κ3) is 1.48. The van der Waals surface area contributed by atoms with Crippen molar-refractivity contribution in [2.45, 2.75) is 19.4 Å². The Labute approximate surface area is 61.4 Å². The van der Waals surface area contributed by atoms with Crippen molar-refractivity contribution in [1.82, 2.24) is 10.2 Å². The largest absolute Gasteiger partial charge is 0.342 e. The van der Waals surface area contributed by atoms with Crippen LogP contribution in [0.4, 0.5) is 0 Å². The van der Waals surface area contributed by atoms with Gasteiger partial charge in [-0.15, -0.1) is 0 Å². The minimum Gasteiger partial charge on any atom is -0.342 e. The van der Waals surface area contributed by atoms with Crippen LogP contribution in [0.1, 0.15) is 13.3 Å². The zero-order valence-corrected chi connectivity index (χ0v) is 6.50. The second-order valence-corrected chi connectivity index (χ2v) is 2.70. The Balaban J connectivity index is 2.39. The lowest BCUT2D eigenvalue weighted by atomic mass is 10.2. The van der Waals surface area contributed by atoms with Crippen LogP contribution >= 0.6 is 0 Å². The summed E-state index contributed by atoms with van der Waals surface area (Å²) < 4.78 is 0. The van der Waals surface area contributed by atoms with Crippen molar-refractivity contribution in [3.63, 3.8) is 0 Å². The van der Waals surface area contributed by atoms with Crippen LogP contribution < -0.4 is 5.32 Å². The van der Waals surface area contributed by atoms with Crippen molar-refractivity contribution in [3.05, 3.63) is 0 Å². The SMILES string of the molecule is CC(=O)N(C)C1CC[N]C1. The number of amides is 1. The first-order valence-electron chi connectivity index (χ1n) is 3.58. The Morgan fingerprint density at radius 2 is 2.40 bits per heavy atom. The van der Waals surface area contributed by atoms with Crippen LogP contribution in [0.15, 0.2) is 0 Å². The van der Waals surface area contributed by atoms with Crippen molar-refractivity contribution in [2.75, 3.05) is 20.1 Å². The number of rotatable bonds is 1. The van der Waals surface area contributed by atoms with E-state index in [-0.39, 0.29) is 5.91 Å². The quantitative estimate of drug-likeness (QED) is 0.499. The van der Waals surface area contributed by atoms with Gasteiger partial charge in [-0.05, 0) is 6.42 Å². The highest BCUT2D eigenvalue weighted by Crippen LogP contribution is 2.06. The Kier molecular flexibility index (Phi) is 2.27. The van der Waals surface area contributed by atoms with E-state index in [1.165, 1.54) is 0 Å². The topological polar surface area (TPSA) is 34.4 Å². The minimum atomic E-state index is 0.141. The van der Waals surface area contributed by atoms with Gasteiger partial charge in [0.25, 0.3) is 0 Å². The van der Waals surface area contributed by atoms with Crippen molar-refractivity contribution in [1.29, 1.82) is 0 Å². The number of hydrogen-bond acceptors (Lipinski definition) is 1. The van der Waals surface area contributed by atoms with Gasteiger partial charge in [0.1, 0.15) is 0 Å². The summed E-state index contributed by atoms with van der Waals surface area (Å²) in [6, 6.07) is 0.373. The van der Waals surface area contributed by atoms with Gasteiger partial charge in [-0.3, -0.25) is 4.79 Å². The highest BCUT2D eigenvalue weighted by atomic mass is 16.2. The predicted octanol–water partition coefficient (Wildman–Crippen LogP) is -0.159. The molecule has 1 aliphatic rings. The van der Waals surface area contributed by atoms with E-state index in [9.17, 15) is 4.79 Å². The third-order valence-corrected chi connectivity index (χ3v) is 2.00. The van der Waals surface area contributed by atoms with Gasteiger partial charge in [0.05, 0.1) is 0 Å². The molecule has 3 nitrogen and oxygen atoms in total. The van der Waals surface area contributed by atoms with Crippen molar-refractivity contribution >= 4 is 5.91 Å². The molecule has 1 atom stereocenters. The molecule has 1 amide bonds. The van der Waals surface area contributed by atoms with Crippen LogP contribution in [0.3, 0.4) is 0 Å². The number of carbonyl (C=O) groups excluding carboxylic acids is 1. The first-order chi connectivity index (χ1) is 4.72. The summed E-state index contributed by atoms with van der Waals surface area (Å²) in [7, 11) is 1.84. The second-order valence-electron chi connectivity index (χ2n) is 2.70. The second kappa shape index (κ2) is 3.01. The van der Waals surface area contributed by atoms with E-state index in [1.807, 2.05) is 7.05 Å². The van der Waals surface area contributed by atoms with E-state index in [2.05, 4.69) is 5.32 Å². The first kappa shape index (κ1) is 7.54. The molecule has 3 heteroatoms. The Morgan fingerprint density at radius 3 is 2.80 bits per heavy atom. The van der Waals surface area contributed by atoms with Gasteiger partial charge in [0.15, 0.2) is 0 Å². The average molecular weight is 141 g/mol. The molecule has 1 radical (unpaired) electrons. The van der Waals surface area contributed by atoms with E-state index in [1.54, 1.807) is 11.8 Å². The molecule has 1 unspecified atom stereocenters. The molecular weight excluding hydrogens is 128 g/mol. The molecule has 0 aromatic carbocycles. The van der Waals surface area contributed by atoms with Gasteiger partial charge >= 0.3 is 0 Å². The van der Waals surface area contributed by atoms with Crippen molar-refractivity contribution < 1.29 is 4.79 Å². The molecule has 0 N–H and O–H groups in total. The summed E-state index contributed by atoms with van der Waals surface area (Å²) in [5.41, 5.74) is 0. The van der Waals surface area contributed by atoms with Gasteiger partial charge in [-0.25, -0.2) is 5.32 Å². The lowest BCUT2D eigenvalue weighted by Gasteiger charge is -2.21. The van der Waals surface area contributed by atoms with E-state index >= 15 is 0 Å². The van der Waals surface area contributed by atoms with Gasteiger partial charge in [0, 0.05) is 33.1 Å². The molecule has 1 rings (SSSR count). The van der Waals surface area contributed by atoms with E-state index in [4.69, 9.17) is 0 Å². The van der Waals surface area contributed by atoms with E-state index in [0.717, 1.165) is 19.5 Å². The third-order valence-electron chi connectivity index (χ3n) is 2.00. The fraction of sp³-hybridized carbons (Fsp3) is 0.857. The lowest BCUT2D eigenvalue weighted by molar-refractivity contribution is -0.129. The van der Waals surface area contributed by atoms with Crippen LogP contribution in [0, 0.1) is 0 Å². The fourth-order valence-corrected chi connectivity index (χ4v) is 1.15. The summed E-state index contributed by atoms with van der Waals surface area (Å²) >= 11 is 0. The first-order valence-corrected chi connectivity index (χ1v) is 3.58. The summed E-state index contributed by atoms with van der Waals surface area (Å²) in [5.74, 6) is 0.141. The van der Waals surface area contributed by atoms with Crippen LogP contribution in [0.5, 0.6) is 0 Å². The molecule has 0 aromatic rings. The molecule has 1 aliphatic heterocycles. The monoisotopic (exact) mass is 141 g/mol. The highest BCUT2D eigenvalue weighted by Gasteiger charge is 2.21. The number of likely N-dealkylation sites (N-methyl/N-ethyl adjacent to an activating group) is 1. The Morgan fingerprint density at radius 1 is 1.70 bits per heavy atom. The lowest BCUT2D eigenvalue weighted by Crippen LogP contribution is -2.36. The number of carbonyl (C=O) groups is 1.